The number of hydrogen-bond acceptors (Lipinski definition) is 7. The molecule has 136 valence electrons. The van der Waals surface area contributed by atoms with Gasteiger partial charge in [-0.15, -0.1) is 0 Å². The molecule has 1 aromatic rings. The first kappa shape index (κ1) is 17.0. The number of hydrazine groups is 1. The zero-order chi connectivity index (χ0) is 18.1. The molecule has 1 aromatic carbocycles. The van der Waals surface area contributed by atoms with E-state index in [9.17, 15) is 4.39 Å². The van der Waals surface area contributed by atoms with E-state index in [1.165, 1.54) is 12.1 Å². The fourth-order valence-corrected chi connectivity index (χ4v) is 4.09. The first-order chi connectivity index (χ1) is 12.6. The van der Waals surface area contributed by atoms with Gasteiger partial charge >= 0.3 is 0 Å². The summed E-state index contributed by atoms with van der Waals surface area (Å²) >= 11 is 1.61. The molecule has 8 heteroatoms. The summed E-state index contributed by atoms with van der Waals surface area (Å²) < 4.78 is 19.9. The van der Waals surface area contributed by atoms with Gasteiger partial charge in [0, 0.05) is 35.6 Å². The van der Waals surface area contributed by atoms with E-state index in [2.05, 4.69) is 16.8 Å². The molecule has 0 fully saturated rings. The van der Waals surface area contributed by atoms with Crippen LogP contribution in [0.3, 0.4) is 0 Å². The number of rotatable bonds is 5. The maximum absolute atomic E-state index is 14.1. The molecule has 3 heterocycles. The number of aliphatic hydroxyl groups excluding tert-OH is 1. The Morgan fingerprint density at radius 2 is 2.31 bits per heavy atom. The van der Waals surface area contributed by atoms with Crippen LogP contribution in [0.25, 0.3) is 0 Å². The second kappa shape index (κ2) is 7.06. The van der Waals surface area contributed by atoms with Crippen LogP contribution in [0.15, 0.2) is 63.9 Å². The number of nitrogen functional groups attached to an aromatic ring is 1. The number of allylic oxidation sites excluding steroid dienone is 1. The molecule has 6 nitrogen and oxygen atoms in total. The van der Waals surface area contributed by atoms with Crippen LogP contribution in [-0.2, 0) is 0 Å². The van der Waals surface area contributed by atoms with Crippen molar-refractivity contribution in [3.05, 3.63) is 69.7 Å². The largest absolute Gasteiger partial charge is 0.453 e. The van der Waals surface area contributed by atoms with Gasteiger partial charge in [-0.1, -0.05) is 11.8 Å². The zero-order valence-electron chi connectivity index (χ0n) is 13.9. The van der Waals surface area contributed by atoms with Gasteiger partial charge < -0.3 is 25.9 Å². The zero-order valence-corrected chi connectivity index (χ0v) is 14.7. The van der Waals surface area contributed by atoms with E-state index in [0.29, 0.717) is 24.5 Å². The summed E-state index contributed by atoms with van der Waals surface area (Å²) in [6.45, 7) is 1.33. The molecule has 1 atom stereocenters. The molecule has 1 unspecified atom stereocenters. The first-order valence-electron chi connectivity index (χ1n) is 8.25. The van der Waals surface area contributed by atoms with Gasteiger partial charge in [0.25, 0.3) is 0 Å². The van der Waals surface area contributed by atoms with Gasteiger partial charge in [-0.2, -0.15) is 0 Å². The lowest BCUT2D eigenvalue weighted by Gasteiger charge is -2.19. The highest BCUT2D eigenvalue weighted by molar-refractivity contribution is 8.07. The number of aliphatic hydroxyl groups is 1. The predicted molar refractivity (Wildman–Crippen MR) is 100 cm³/mol. The fraction of sp³-hybridized carbons (Fsp3) is 0.222. The number of thioether (sulfide) groups is 1. The number of nitrogens with zero attached hydrogens (tertiary/aromatic N) is 1. The van der Waals surface area contributed by atoms with Gasteiger partial charge in [-0.05, 0) is 29.9 Å². The van der Waals surface area contributed by atoms with Gasteiger partial charge in [0.05, 0.1) is 24.1 Å². The van der Waals surface area contributed by atoms with E-state index >= 15 is 0 Å². The van der Waals surface area contributed by atoms with Crippen LogP contribution in [0.4, 0.5) is 10.1 Å². The number of ether oxygens (including phenoxy) is 1. The predicted octanol–water partition coefficient (Wildman–Crippen LogP) is 1.81. The monoisotopic (exact) mass is 374 g/mol. The summed E-state index contributed by atoms with van der Waals surface area (Å²) in [6.07, 6.45) is 7.73. The van der Waals surface area contributed by atoms with E-state index in [1.54, 1.807) is 30.1 Å². The summed E-state index contributed by atoms with van der Waals surface area (Å²) in [5.41, 5.74) is 10.3. The van der Waals surface area contributed by atoms with Gasteiger partial charge in [0.1, 0.15) is 5.76 Å². The Hall–Kier alpha value is -2.42. The summed E-state index contributed by atoms with van der Waals surface area (Å²) in [4.78, 5) is 2.10. The molecule has 0 saturated heterocycles. The Kier molecular flexibility index (Phi) is 4.62. The third kappa shape index (κ3) is 3.31. The Balaban J connectivity index is 1.55. The van der Waals surface area contributed by atoms with E-state index in [-0.39, 0.29) is 18.4 Å². The number of nitrogens with one attached hydrogen (secondary N) is 2. The van der Waals surface area contributed by atoms with E-state index < -0.39 is 5.82 Å². The van der Waals surface area contributed by atoms with Crippen LogP contribution >= 0.6 is 11.8 Å². The minimum absolute atomic E-state index is 0.000338. The Labute approximate surface area is 154 Å². The number of dihydropyridines is 1. The van der Waals surface area contributed by atoms with E-state index in [4.69, 9.17) is 15.6 Å². The summed E-state index contributed by atoms with van der Waals surface area (Å²) in [5.74, 6) is 0.282. The van der Waals surface area contributed by atoms with Crippen LogP contribution in [0.5, 0.6) is 5.75 Å². The van der Waals surface area contributed by atoms with Crippen molar-refractivity contribution in [3.63, 3.8) is 0 Å². The lowest BCUT2D eigenvalue weighted by Crippen LogP contribution is -2.31. The molecule has 5 N–H and O–H groups in total. The van der Waals surface area contributed by atoms with Crippen molar-refractivity contribution in [2.75, 3.05) is 25.4 Å². The van der Waals surface area contributed by atoms with Crippen molar-refractivity contribution in [1.29, 1.82) is 0 Å². The molecule has 0 bridgehead atoms. The molecule has 4 rings (SSSR count). The molecule has 26 heavy (non-hydrogen) atoms. The summed E-state index contributed by atoms with van der Waals surface area (Å²) in [7, 11) is 0. The van der Waals surface area contributed by atoms with Crippen LogP contribution in [0, 0.1) is 5.82 Å². The number of halogens is 1. The van der Waals surface area contributed by atoms with Crippen LogP contribution in [0.2, 0.25) is 0 Å². The average Bonchev–Trinajstić information content (AvgIpc) is 3.24. The van der Waals surface area contributed by atoms with Gasteiger partial charge in [0.15, 0.2) is 11.6 Å². The van der Waals surface area contributed by atoms with E-state index in [1.807, 2.05) is 11.2 Å². The molecule has 0 saturated carbocycles. The van der Waals surface area contributed by atoms with E-state index in [0.717, 1.165) is 15.4 Å². The van der Waals surface area contributed by atoms with Gasteiger partial charge in [-0.25, -0.2) is 9.82 Å². The van der Waals surface area contributed by atoms with Crippen molar-refractivity contribution in [2.45, 2.75) is 6.04 Å². The topological polar surface area (TPSA) is 82.8 Å². The molecule has 0 amide bonds. The van der Waals surface area contributed by atoms with Crippen molar-refractivity contribution in [1.82, 2.24) is 15.8 Å². The molecule has 0 radical (unpaired) electrons. The van der Waals surface area contributed by atoms with Crippen LogP contribution < -0.4 is 21.2 Å². The van der Waals surface area contributed by atoms with Crippen molar-refractivity contribution in [2.24, 2.45) is 0 Å². The molecule has 0 aliphatic carbocycles. The van der Waals surface area contributed by atoms with Crippen molar-refractivity contribution >= 4 is 17.4 Å². The third-order valence-corrected chi connectivity index (χ3v) is 5.48. The quantitative estimate of drug-likeness (QED) is 0.585. The smallest absolute Gasteiger partial charge is 0.167 e. The molecular formula is C18H19FN4O2S. The minimum Gasteiger partial charge on any atom is -0.453 e. The SMILES string of the molecule is Nc1ccc(OC2=C3SC(C4=CN(CCO)NC4)=CC3NC=C2)c(F)c1. The number of nitrogens with two attached hydrogens (primary N) is 1. The number of anilines is 1. The van der Waals surface area contributed by atoms with Crippen molar-refractivity contribution in [3.8, 4) is 5.75 Å². The highest BCUT2D eigenvalue weighted by Crippen LogP contribution is 2.44. The number of β-amino-alcohol motifs (C(OH)–C–C–N with tert-alkyl or cyclic N) is 1. The Morgan fingerprint density at radius 1 is 1.42 bits per heavy atom. The average molecular weight is 374 g/mol. The molecule has 3 aliphatic rings. The number of hydrogen-bond donors (Lipinski definition) is 4. The minimum atomic E-state index is -0.486. The standard InChI is InChI=1S/C18H19FN4O2S/c19-13-7-12(20)1-2-15(13)25-16-3-4-21-14-8-17(26-18(14)16)11-9-22-23(10-11)5-6-24/h1-4,7-8,10,14,21-22,24H,5-6,9,20H2. The highest BCUT2D eigenvalue weighted by atomic mass is 32.2. The van der Waals surface area contributed by atoms with Crippen LogP contribution in [0.1, 0.15) is 0 Å². The van der Waals surface area contributed by atoms with Crippen LogP contribution in [-0.4, -0.2) is 35.9 Å². The normalized spacial score (nSPS) is 21.5. The Morgan fingerprint density at radius 3 is 3.12 bits per heavy atom. The maximum atomic E-state index is 14.1. The lowest BCUT2D eigenvalue weighted by atomic mass is 10.1. The molecule has 3 aliphatic heterocycles. The van der Waals surface area contributed by atoms with Crippen molar-refractivity contribution < 1.29 is 14.2 Å². The Bertz CT molecular complexity index is 850. The third-order valence-electron chi connectivity index (χ3n) is 4.19. The second-order valence-corrected chi connectivity index (χ2v) is 7.12. The lowest BCUT2D eigenvalue weighted by molar-refractivity contribution is 0.210. The molecule has 0 aromatic heterocycles. The summed E-state index contributed by atoms with van der Waals surface area (Å²) in [6, 6.07) is 4.40. The number of fused-ring (bicyclic) bond motifs is 1. The van der Waals surface area contributed by atoms with Gasteiger partial charge in [0.2, 0.25) is 0 Å². The summed E-state index contributed by atoms with van der Waals surface area (Å²) in [5, 5.41) is 14.2. The fourth-order valence-electron chi connectivity index (χ4n) is 2.92. The molecule has 0 spiro atoms. The number of benzene rings is 1. The first-order valence-corrected chi connectivity index (χ1v) is 9.07. The second-order valence-electron chi connectivity index (χ2n) is 6.04. The maximum Gasteiger partial charge on any atom is 0.167 e. The van der Waals surface area contributed by atoms with Gasteiger partial charge in [-0.3, -0.25) is 0 Å². The highest BCUT2D eigenvalue weighted by Gasteiger charge is 2.30. The molecular weight excluding hydrogens is 355 g/mol.